The van der Waals surface area contributed by atoms with Crippen LogP contribution in [0.5, 0.6) is 0 Å². The van der Waals surface area contributed by atoms with E-state index < -0.39 is 5.41 Å². The molecular formula is C40H27N3. The van der Waals surface area contributed by atoms with Gasteiger partial charge in [0, 0.05) is 34.6 Å². The zero-order valence-corrected chi connectivity index (χ0v) is 23.4. The Labute approximate surface area is 251 Å². The number of aromatic nitrogens is 3. The van der Waals surface area contributed by atoms with E-state index in [4.69, 9.17) is 9.97 Å². The van der Waals surface area contributed by atoms with Gasteiger partial charge < -0.3 is 0 Å². The van der Waals surface area contributed by atoms with E-state index in [9.17, 15) is 0 Å². The van der Waals surface area contributed by atoms with Gasteiger partial charge in [0.15, 0.2) is 5.82 Å². The molecule has 202 valence electrons. The molecule has 1 aliphatic rings. The van der Waals surface area contributed by atoms with Crippen molar-refractivity contribution in [3.63, 3.8) is 0 Å². The third kappa shape index (κ3) is 4.09. The summed E-state index contributed by atoms with van der Waals surface area (Å²) in [5.41, 5.74) is 11.7. The first kappa shape index (κ1) is 25.1. The van der Waals surface area contributed by atoms with E-state index in [0.29, 0.717) is 5.82 Å². The first-order chi connectivity index (χ1) is 21.3. The van der Waals surface area contributed by atoms with Crippen LogP contribution in [0.4, 0.5) is 0 Å². The van der Waals surface area contributed by atoms with Crippen LogP contribution in [0.3, 0.4) is 0 Å². The Balaban J connectivity index is 1.41. The molecule has 0 saturated carbocycles. The summed E-state index contributed by atoms with van der Waals surface area (Å²) >= 11 is 0. The zero-order valence-electron chi connectivity index (χ0n) is 23.4. The molecule has 2 aromatic heterocycles. The first-order valence-electron chi connectivity index (χ1n) is 14.5. The Hall–Kier alpha value is -5.67. The van der Waals surface area contributed by atoms with Gasteiger partial charge in [0.25, 0.3) is 0 Å². The summed E-state index contributed by atoms with van der Waals surface area (Å²) in [6.07, 6.45) is 3.92. The monoisotopic (exact) mass is 549 g/mol. The van der Waals surface area contributed by atoms with Crippen molar-refractivity contribution in [2.45, 2.75) is 5.41 Å². The van der Waals surface area contributed by atoms with Crippen LogP contribution in [0.25, 0.3) is 45.0 Å². The molecule has 0 aliphatic heterocycles. The maximum atomic E-state index is 5.14. The van der Waals surface area contributed by atoms with Crippen molar-refractivity contribution in [1.29, 1.82) is 0 Å². The average molecular weight is 550 g/mol. The van der Waals surface area contributed by atoms with Gasteiger partial charge in [0.05, 0.1) is 16.8 Å². The summed E-state index contributed by atoms with van der Waals surface area (Å²) in [7, 11) is 0. The fourth-order valence-electron chi connectivity index (χ4n) is 6.56. The minimum atomic E-state index is -0.496. The number of rotatable bonds is 5. The second-order valence-electron chi connectivity index (χ2n) is 10.9. The minimum Gasteiger partial charge on any atom is -0.264 e. The maximum absolute atomic E-state index is 5.14. The van der Waals surface area contributed by atoms with Crippen LogP contribution in [0.2, 0.25) is 0 Å². The summed E-state index contributed by atoms with van der Waals surface area (Å²) in [4.78, 5) is 14.7. The van der Waals surface area contributed by atoms with Crippen molar-refractivity contribution in [1.82, 2.24) is 15.0 Å². The van der Waals surface area contributed by atoms with Gasteiger partial charge in [0.1, 0.15) is 0 Å². The molecule has 43 heavy (non-hydrogen) atoms. The molecule has 0 bridgehead atoms. The highest BCUT2D eigenvalue weighted by atomic mass is 14.9. The number of fused-ring (bicyclic) bond motifs is 3. The van der Waals surface area contributed by atoms with Gasteiger partial charge in [-0.05, 0) is 46.0 Å². The highest BCUT2D eigenvalue weighted by Crippen LogP contribution is 2.56. The van der Waals surface area contributed by atoms with Gasteiger partial charge in [-0.25, -0.2) is 9.97 Å². The van der Waals surface area contributed by atoms with Crippen LogP contribution in [0.15, 0.2) is 164 Å². The summed E-state index contributed by atoms with van der Waals surface area (Å²) in [5, 5.41) is 0. The number of nitrogens with zero attached hydrogens (tertiary/aromatic N) is 3. The van der Waals surface area contributed by atoms with Crippen LogP contribution < -0.4 is 0 Å². The Bertz CT molecular complexity index is 1960. The van der Waals surface area contributed by atoms with Gasteiger partial charge in [-0.2, -0.15) is 0 Å². The van der Waals surface area contributed by atoms with Gasteiger partial charge >= 0.3 is 0 Å². The first-order valence-corrected chi connectivity index (χ1v) is 14.5. The molecule has 0 atom stereocenters. The van der Waals surface area contributed by atoms with E-state index in [1.807, 2.05) is 48.8 Å². The zero-order chi connectivity index (χ0) is 28.6. The molecular weight excluding hydrogens is 522 g/mol. The van der Waals surface area contributed by atoms with E-state index in [-0.39, 0.29) is 0 Å². The lowest BCUT2D eigenvalue weighted by molar-refractivity contribution is 0.767. The van der Waals surface area contributed by atoms with Gasteiger partial charge in [0.2, 0.25) is 0 Å². The molecule has 0 unspecified atom stereocenters. The molecule has 3 heteroatoms. The summed E-state index contributed by atoms with van der Waals surface area (Å²) < 4.78 is 0. The Morgan fingerprint density at radius 1 is 0.419 bits per heavy atom. The Morgan fingerprint density at radius 2 is 0.977 bits per heavy atom. The van der Waals surface area contributed by atoms with Crippen molar-refractivity contribution < 1.29 is 0 Å². The summed E-state index contributed by atoms with van der Waals surface area (Å²) in [6, 6.07) is 53.2. The van der Waals surface area contributed by atoms with E-state index in [1.54, 1.807) is 0 Å². The van der Waals surface area contributed by atoms with Gasteiger partial charge in [-0.1, -0.05) is 133 Å². The van der Waals surface area contributed by atoms with Crippen LogP contribution in [-0.4, -0.2) is 15.0 Å². The van der Waals surface area contributed by atoms with Gasteiger partial charge in [-0.15, -0.1) is 0 Å². The molecule has 0 fully saturated rings. The molecule has 0 N–H and O–H groups in total. The normalized spacial score (nSPS) is 12.8. The van der Waals surface area contributed by atoms with Gasteiger partial charge in [-0.3, -0.25) is 4.98 Å². The largest absolute Gasteiger partial charge is 0.264 e. The SMILES string of the molecule is c1ccc(-c2cc(-c3ccc4c(c3)C(c3ccccc3)(c3ccccc3)c3ccncc3-4)nc(-c3ccccc3)n2)cc1. The number of hydrogen-bond donors (Lipinski definition) is 0. The fraction of sp³-hybridized carbons (Fsp3) is 0.0250. The lowest BCUT2D eigenvalue weighted by Crippen LogP contribution is -2.28. The maximum Gasteiger partial charge on any atom is 0.160 e. The molecule has 5 aromatic carbocycles. The van der Waals surface area contributed by atoms with Crippen molar-refractivity contribution in [2.75, 3.05) is 0 Å². The third-order valence-corrected chi connectivity index (χ3v) is 8.48. The second kappa shape index (κ2) is 10.3. The molecule has 7 aromatic rings. The third-order valence-electron chi connectivity index (χ3n) is 8.48. The number of hydrogen-bond acceptors (Lipinski definition) is 3. The topological polar surface area (TPSA) is 38.7 Å². The van der Waals surface area contributed by atoms with Crippen LogP contribution >= 0.6 is 0 Å². The van der Waals surface area contributed by atoms with Crippen molar-refractivity contribution in [2.24, 2.45) is 0 Å². The van der Waals surface area contributed by atoms with E-state index in [0.717, 1.165) is 33.6 Å². The molecule has 2 heterocycles. The summed E-state index contributed by atoms with van der Waals surface area (Å²) in [5.74, 6) is 0.710. The standard InChI is InChI=1S/C40H27N3/c1-5-13-28(14-6-1)37-26-38(43-39(42-37)29-15-7-2-8-16-29)30-21-22-33-34-27-41-24-23-35(34)40(36(33)25-30,31-17-9-3-10-18-31)32-19-11-4-12-20-32/h1-27H. The van der Waals surface area contributed by atoms with Crippen LogP contribution in [0, 0.1) is 0 Å². The quantitative estimate of drug-likeness (QED) is 0.215. The van der Waals surface area contributed by atoms with E-state index >= 15 is 0 Å². The predicted molar refractivity (Wildman–Crippen MR) is 173 cm³/mol. The lowest BCUT2D eigenvalue weighted by Gasteiger charge is -2.34. The fourth-order valence-corrected chi connectivity index (χ4v) is 6.56. The number of benzene rings is 5. The highest BCUT2D eigenvalue weighted by molar-refractivity contribution is 5.88. The van der Waals surface area contributed by atoms with E-state index in [2.05, 4.69) is 120 Å². The molecule has 1 aliphatic carbocycles. The van der Waals surface area contributed by atoms with Crippen molar-refractivity contribution in [3.05, 3.63) is 186 Å². The minimum absolute atomic E-state index is 0.496. The van der Waals surface area contributed by atoms with E-state index in [1.165, 1.54) is 27.8 Å². The number of pyridine rings is 1. The van der Waals surface area contributed by atoms with Crippen molar-refractivity contribution >= 4 is 0 Å². The average Bonchev–Trinajstić information content (AvgIpc) is 3.40. The molecule has 0 radical (unpaired) electrons. The molecule has 8 rings (SSSR count). The highest BCUT2D eigenvalue weighted by Gasteiger charge is 2.46. The van der Waals surface area contributed by atoms with Crippen LogP contribution in [-0.2, 0) is 5.41 Å². The Kier molecular flexibility index (Phi) is 6.01. The second-order valence-corrected chi connectivity index (χ2v) is 10.9. The smallest absolute Gasteiger partial charge is 0.160 e. The van der Waals surface area contributed by atoms with Crippen molar-refractivity contribution in [3.8, 4) is 45.0 Å². The predicted octanol–water partition coefficient (Wildman–Crippen LogP) is 9.24. The lowest BCUT2D eigenvalue weighted by atomic mass is 9.67. The molecule has 0 saturated heterocycles. The molecule has 0 amide bonds. The van der Waals surface area contributed by atoms with Crippen LogP contribution in [0.1, 0.15) is 22.3 Å². The molecule has 3 nitrogen and oxygen atoms in total. The molecule has 0 spiro atoms. The Morgan fingerprint density at radius 3 is 1.60 bits per heavy atom. The summed E-state index contributed by atoms with van der Waals surface area (Å²) in [6.45, 7) is 0.